The van der Waals surface area contributed by atoms with E-state index in [0.717, 1.165) is 29.8 Å². The Bertz CT molecular complexity index is 1200. The number of pyridine rings is 1. The maximum absolute atomic E-state index is 12.9. The summed E-state index contributed by atoms with van der Waals surface area (Å²) in [7, 11) is 5.67. The van der Waals surface area contributed by atoms with Gasteiger partial charge in [-0.3, -0.25) is 4.79 Å². The van der Waals surface area contributed by atoms with Crippen LogP contribution in [0.1, 0.15) is 12.1 Å². The molecule has 0 aliphatic heterocycles. The molecule has 1 aromatic carbocycles. The molecule has 3 aromatic heterocycles. The number of aryl methyl sites for hydroxylation is 1. The van der Waals surface area contributed by atoms with Crippen LogP contribution >= 0.6 is 0 Å². The van der Waals surface area contributed by atoms with E-state index in [9.17, 15) is 4.79 Å². The number of fused-ring (bicyclic) bond motifs is 3. The molecule has 0 saturated heterocycles. The van der Waals surface area contributed by atoms with Crippen molar-refractivity contribution in [3.63, 3.8) is 0 Å². The van der Waals surface area contributed by atoms with Crippen LogP contribution in [0.25, 0.3) is 27.8 Å². The molecule has 0 saturated carbocycles. The third-order valence-corrected chi connectivity index (χ3v) is 4.87. The number of hydrogen-bond donors (Lipinski definition) is 0. The Kier molecular flexibility index (Phi) is 5.37. The molecule has 0 bridgehead atoms. The lowest BCUT2D eigenvalue weighted by Gasteiger charge is -2.11. The Morgan fingerprint density at radius 3 is 2.62 bits per heavy atom. The molecule has 0 unspecified atom stereocenters. The van der Waals surface area contributed by atoms with Gasteiger partial charge in [0.15, 0.2) is 11.2 Å². The first-order chi connectivity index (χ1) is 14.1. The number of methoxy groups -OCH3 is 1. The number of ether oxygens (including phenoxy) is 1. The fraction of sp³-hybridized carbons (Fsp3) is 0.333. The van der Waals surface area contributed by atoms with Crippen LogP contribution in [-0.2, 0) is 17.9 Å². The van der Waals surface area contributed by atoms with Gasteiger partial charge in [-0.1, -0.05) is 30.3 Å². The number of aromatic nitrogens is 5. The van der Waals surface area contributed by atoms with E-state index >= 15 is 0 Å². The van der Waals surface area contributed by atoms with Crippen molar-refractivity contribution in [3.8, 4) is 11.1 Å². The fourth-order valence-electron chi connectivity index (χ4n) is 3.50. The second kappa shape index (κ2) is 8.10. The van der Waals surface area contributed by atoms with Gasteiger partial charge in [0.1, 0.15) is 5.52 Å². The molecular weight excluding hydrogens is 368 g/mol. The van der Waals surface area contributed by atoms with Crippen molar-refractivity contribution in [2.45, 2.75) is 19.6 Å². The van der Waals surface area contributed by atoms with Crippen LogP contribution in [0.4, 0.5) is 0 Å². The normalized spacial score (nSPS) is 11.7. The second-order valence-corrected chi connectivity index (χ2v) is 7.26. The van der Waals surface area contributed by atoms with Crippen LogP contribution < -0.4 is 5.56 Å². The van der Waals surface area contributed by atoms with Gasteiger partial charge in [-0.2, -0.15) is 5.10 Å². The molecule has 0 atom stereocenters. The molecule has 4 rings (SSSR count). The summed E-state index contributed by atoms with van der Waals surface area (Å²) < 4.78 is 8.73. The van der Waals surface area contributed by atoms with Crippen LogP contribution in [0.15, 0.2) is 47.4 Å². The van der Waals surface area contributed by atoms with Gasteiger partial charge < -0.3 is 14.2 Å². The van der Waals surface area contributed by atoms with Crippen molar-refractivity contribution in [1.82, 2.24) is 29.3 Å². The first-order valence-electron chi connectivity index (χ1n) is 9.56. The summed E-state index contributed by atoms with van der Waals surface area (Å²) in [4.78, 5) is 15.0. The van der Waals surface area contributed by atoms with E-state index in [-0.39, 0.29) is 5.56 Å². The molecule has 3 heterocycles. The third kappa shape index (κ3) is 3.64. The van der Waals surface area contributed by atoms with E-state index in [0.29, 0.717) is 29.8 Å². The average Bonchev–Trinajstić information content (AvgIpc) is 3.09. The van der Waals surface area contributed by atoms with Gasteiger partial charge in [0.25, 0.3) is 5.56 Å². The van der Waals surface area contributed by atoms with Gasteiger partial charge >= 0.3 is 0 Å². The molecule has 0 aliphatic carbocycles. The van der Waals surface area contributed by atoms with Crippen LogP contribution in [0.5, 0.6) is 0 Å². The first kappa shape index (κ1) is 19.2. The molecule has 0 spiro atoms. The predicted octanol–water partition coefficient (Wildman–Crippen LogP) is 2.20. The lowest BCUT2D eigenvalue weighted by molar-refractivity contribution is 0.181. The van der Waals surface area contributed by atoms with Crippen molar-refractivity contribution in [1.29, 1.82) is 0 Å². The topological polar surface area (TPSA) is 77.5 Å². The number of nitrogens with zero attached hydrogens (tertiary/aromatic N) is 6. The van der Waals surface area contributed by atoms with E-state index in [1.807, 2.05) is 50.5 Å². The minimum absolute atomic E-state index is 0.152. The standard InChI is InChI=1S/C21H24N6O2/c1-25(2)11-7-12-26-13-10-17-19(21(26)28)22-23-20-18(15-8-5-4-6-9-15)16(14-29-3)24-27(17)20/h4-6,8-10,13H,7,11-12,14H2,1-3H3. The molecule has 0 fully saturated rings. The Morgan fingerprint density at radius 2 is 1.90 bits per heavy atom. The van der Waals surface area contributed by atoms with E-state index in [1.54, 1.807) is 22.4 Å². The van der Waals surface area contributed by atoms with Gasteiger partial charge in [-0.25, -0.2) is 4.52 Å². The SMILES string of the molecule is COCc1nn2c(nnc3c(=O)n(CCCN(C)C)ccc32)c1-c1ccccc1. The molecule has 0 aliphatic rings. The van der Waals surface area contributed by atoms with Crippen molar-refractivity contribution in [2.24, 2.45) is 0 Å². The highest BCUT2D eigenvalue weighted by Gasteiger charge is 2.19. The minimum atomic E-state index is -0.152. The molecule has 0 radical (unpaired) electrons. The molecule has 29 heavy (non-hydrogen) atoms. The van der Waals surface area contributed by atoms with Crippen LogP contribution in [0, 0.1) is 0 Å². The highest BCUT2D eigenvalue weighted by molar-refractivity contribution is 5.84. The first-order valence-corrected chi connectivity index (χ1v) is 9.56. The summed E-state index contributed by atoms with van der Waals surface area (Å²) in [6.07, 6.45) is 2.69. The highest BCUT2D eigenvalue weighted by Crippen LogP contribution is 2.28. The minimum Gasteiger partial charge on any atom is -0.378 e. The maximum atomic E-state index is 12.9. The van der Waals surface area contributed by atoms with Gasteiger partial charge in [-0.05, 0) is 38.7 Å². The zero-order valence-electron chi connectivity index (χ0n) is 16.9. The summed E-state index contributed by atoms with van der Waals surface area (Å²) in [6, 6.07) is 11.8. The Labute approximate surface area is 168 Å². The Morgan fingerprint density at radius 1 is 1.10 bits per heavy atom. The van der Waals surface area contributed by atoms with Crippen LogP contribution in [-0.4, -0.2) is 57.0 Å². The molecule has 4 aromatic rings. The van der Waals surface area contributed by atoms with Crippen molar-refractivity contribution in [2.75, 3.05) is 27.7 Å². The largest absolute Gasteiger partial charge is 0.378 e. The zero-order valence-corrected chi connectivity index (χ0v) is 16.9. The Balaban J connectivity index is 1.86. The van der Waals surface area contributed by atoms with Crippen LogP contribution in [0.3, 0.4) is 0 Å². The molecular formula is C21H24N6O2. The maximum Gasteiger partial charge on any atom is 0.280 e. The smallest absolute Gasteiger partial charge is 0.280 e. The van der Waals surface area contributed by atoms with E-state index in [4.69, 9.17) is 9.84 Å². The monoisotopic (exact) mass is 392 g/mol. The number of benzene rings is 1. The second-order valence-electron chi connectivity index (χ2n) is 7.26. The number of hydrogen-bond acceptors (Lipinski definition) is 6. The lowest BCUT2D eigenvalue weighted by Crippen LogP contribution is -2.24. The zero-order chi connectivity index (χ0) is 20.4. The highest BCUT2D eigenvalue weighted by atomic mass is 16.5. The quantitative estimate of drug-likeness (QED) is 0.480. The van der Waals surface area contributed by atoms with Crippen molar-refractivity contribution >= 4 is 16.7 Å². The molecule has 0 N–H and O–H groups in total. The average molecular weight is 392 g/mol. The summed E-state index contributed by atoms with van der Waals surface area (Å²) in [6.45, 7) is 1.89. The molecule has 150 valence electrons. The number of rotatable bonds is 7. The van der Waals surface area contributed by atoms with Gasteiger partial charge in [-0.15, -0.1) is 10.2 Å². The fourth-order valence-corrected chi connectivity index (χ4v) is 3.50. The summed E-state index contributed by atoms with van der Waals surface area (Å²) >= 11 is 0. The summed E-state index contributed by atoms with van der Waals surface area (Å²) in [5.74, 6) is 0. The third-order valence-electron chi connectivity index (χ3n) is 4.87. The predicted molar refractivity (Wildman–Crippen MR) is 112 cm³/mol. The molecule has 8 nitrogen and oxygen atoms in total. The molecule has 0 amide bonds. The van der Waals surface area contributed by atoms with Crippen molar-refractivity contribution < 1.29 is 4.74 Å². The lowest BCUT2D eigenvalue weighted by atomic mass is 10.1. The van der Waals surface area contributed by atoms with Gasteiger partial charge in [0.2, 0.25) is 0 Å². The van der Waals surface area contributed by atoms with Crippen molar-refractivity contribution in [3.05, 3.63) is 58.6 Å². The van der Waals surface area contributed by atoms with E-state index in [2.05, 4.69) is 15.1 Å². The van der Waals surface area contributed by atoms with Gasteiger partial charge in [0, 0.05) is 19.9 Å². The molecule has 8 heteroatoms. The summed E-state index contributed by atoms with van der Waals surface area (Å²) in [5.41, 5.74) is 4.04. The van der Waals surface area contributed by atoms with E-state index < -0.39 is 0 Å². The van der Waals surface area contributed by atoms with Gasteiger partial charge in [0.05, 0.1) is 17.9 Å². The van der Waals surface area contributed by atoms with Crippen LogP contribution in [0.2, 0.25) is 0 Å². The van der Waals surface area contributed by atoms with E-state index in [1.165, 1.54) is 0 Å². The Hall–Kier alpha value is -3.10. The summed E-state index contributed by atoms with van der Waals surface area (Å²) in [5, 5.41) is 13.3.